The molecule has 0 aliphatic carbocycles. The lowest BCUT2D eigenvalue weighted by Gasteiger charge is -2.26. The fraction of sp³-hybridized carbons (Fsp3) is 0.143. The maximum absolute atomic E-state index is 13.3. The Morgan fingerprint density at radius 1 is 1.06 bits per heavy atom. The lowest BCUT2D eigenvalue weighted by atomic mass is 9.84. The molecule has 0 amide bonds. The largest absolute Gasteiger partial charge is 0.508 e. The number of hydrogen-bond donors (Lipinski definition) is 1. The van der Waals surface area contributed by atoms with Crippen molar-refractivity contribution in [3.63, 3.8) is 0 Å². The van der Waals surface area contributed by atoms with Crippen LogP contribution in [0.2, 0.25) is 0 Å². The molecule has 7 heteroatoms. The molecule has 0 fully saturated rings. The SMILES string of the molecule is COc1ccc2c(c1)c(/C=C1\Oc3c(ccc4c3[C@@H](c3ccc(O)cc3)CC(=O)O4)C1=O)cn2C. The number of aryl methyl sites for hydroxylation is 1. The van der Waals surface area contributed by atoms with Gasteiger partial charge in [0.1, 0.15) is 23.0 Å². The fourth-order valence-electron chi connectivity index (χ4n) is 4.88. The van der Waals surface area contributed by atoms with E-state index >= 15 is 0 Å². The predicted molar refractivity (Wildman–Crippen MR) is 129 cm³/mol. The van der Waals surface area contributed by atoms with Crippen molar-refractivity contribution < 1.29 is 28.9 Å². The van der Waals surface area contributed by atoms with Gasteiger partial charge in [-0.3, -0.25) is 9.59 Å². The van der Waals surface area contributed by atoms with Crippen LogP contribution in [-0.2, 0) is 11.8 Å². The second-order valence-electron chi connectivity index (χ2n) is 8.69. The average Bonchev–Trinajstić information content (AvgIpc) is 3.34. The van der Waals surface area contributed by atoms with Crippen LogP contribution in [0, 0.1) is 0 Å². The van der Waals surface area contributed by atoms with Gasteiger partial charge in [0, 0.05) is 41.2 Å². The smallest absolute Gasteiger partial charge is 0.312 e. The Kier molecular flexibility index (Phi) is 4.67. The molecule has 7 nitrogen and oxygen atoms in total. The van der Waals surface area contributed by atoms with Crippen LogP contribution in [0.15, 0.2) is 66.6 Å². The highest BCUT2D eigenvalue weighted by Crippen LogP contribution is 2.49. The minimum absolute atomic E-state index is 0.105. The van der Waals surface area contributed by atoms with Crippen LogP contribution in [-0.4, -0.2) is 28.5 Å². The lowest BCUT2D eigenvalue weighted by molar-refractivity contribution is -0.135. The molecule has 0 spiro atoms. The maximum atomic E-state index is 13.3. The first-order valence-electron chi connectivity index (χ1n) is 11.2. The van der Waals surface area contributed by atoms with Crippen molar-refractivity contribution in [3.8, 4) is 23.0 Å². The summed E-state index contributed by atoms with van der Waals surface area (Å²) in [5.74, 6) is 0.876. The normalized spacial score (nSPS) is 17.8. The van der Waals surface area contributed by atoms with E-state index in [4.69, 9.17) is 14.2 Å². The minimum atomic E-state index is -0.365. The molecule has 0 unspecified atom stereocenters. The van der Waals surface area contributed by atoms with Crippen LogP contribution in [0.1, 0.15) is 39.4 Å². The molecule has 0 bridgehead atoms. The van der Waals surface area contributed by atoms with Crippen molar-refractivity contribution >= 4 is 28.7 Å². The van der Waals surface area contributed by atoms with Gasteiger partial charge in [-0.2, -0.15) is 0 Å². The Labute approximate surface area is 200 Å². The summed E-state index contributed by atoms with van der Waals surface area (Å²) in [6, 6.07) is 15.7. The molecule has 1 atom stereocenters. The maximum Gasteiger partial charge on any atom is 0.312 e. The number of phenols is 1. The summed E-state index contributed by atoms with van der Waals surface area (Å²) in [5, 5.41) is 10.6. The molecular weight excluding hydrogens is 446 g/mol. The fourth-order valence-corrected chi connectivity index (χ4v) is 4.88. The van der Waals surface area contributed by atoms with E-state index in [0.717, 1.165) is 27.8 Å². The molecule has 2 aliphatic rings. The van der Waals surface area contributed by atoms with Gasteiger partial charge in [-0.25, -0.2) is 0 Å². The summed E-state index contributed by atoms with van der Waals surface area (Å²) in [6.45, 7) is 0. The van der Waals surface area contributed by atoms with E-state index in [-0.39, 0.29) is 35.6 Å². The molecule has 6 rings (SSSR count). The van der Waals surface area contributed by atoms with Gasteiger partial charge in [0.25, 0.3) is 0 Å². The third kappa shape index (κ3) is 3.35. The van der Waals surface area contributed by atoms with E-state index < -0.39 is 0 Å². The molecule has 1 aromatic heterocycles. The predicted octanol–water partition coefficient (Wildman–Crippen LogP) is 4.95. The second-order valence-corrected chi connectivity index (χ2v) is 8.69. The molecule has 4 aromatic rings. The van der Waals surface area contributed by atoms with Gasteiger partial charge in [0.15, 0.2) is 5.76 Å². The van der Waals surface area contributed by atoms with Crippen LogP contribution in [0.5, 0.6) is 23.0 Å². The summed E-state index contributed by atoms with van der Waals surface area (Å²) in [6.07, 6.45) is 3.78. The number of aromatic nitrogens is 1. The molecule has 35 heavy (non-hydrogen) atoms. The van der Waals surface area contributed by atoms with Gasteiger partial charge in [-0.15, -0.1) is 0 Å². The molecular formula is C28H21NO6. The molecule has 1 N–H and O–H groups in total. The Morgan fingerprint density at radius 2 is 1.86 bits per heavy atom. The first-order valence-corrected chi connectivity index (χ1v) is 11.2. The van der Waals surface area contributed by atoms with Crippen LogP contribution in [0.25, 0.3) is 17.0 Å². The van der Waals surface area contributed by atoms with E-state index in [1.807, 2.05) is 36.0 Å². The number of methoxy groups -OCH3 is 1. The van der Waals surface area contributed by atoms with Gasteiger partial charge in [-0.05, 0) is 54.1 Å². The third-order valence-electron chi connectivity index (χ3n) is 6.59. The molecule has 3 heterocycles. The molecule has 2 aliphatic heterocycles. The first kappa shape index (κ1) is 21.0. The van der Waals surface area contributed by atoms with Gasteiger partial charge < -0.3 is 23.9 Å². The van der Waals surface area contributed by atoms with Crippen LogP contribution >= 0.6 is 0 Å². The summed E-state index contributed by atoms with van der Waals surface area (Å²) < 4.78 is 19.0. The Bertz CT molecular complexity index is 1560. The lowest BCUT2D eigenvalue weighted by Crippen LogP contribution is -2.21. The highest BCUT2D eigenvalue weighted by Gasteiger charge is 2.38. The number of nitrogens with zero attached hydrogens (tertiary/aromatic N) is 1. The second kappa shape index (κ2) is 7.77. The van der Waals surface area contributed by atoms with E-state index in [2.05, 4.69) is 0 Å². The number of esters is 1. The number of carbonyl (C=O) groups excluding carboxylic acids is 2. The zero-order valence-corrected chi connectivity index (χ0v) is 19.1. The number of allylic oxidation sites excluding steroid dienone is 1. The minimum Gasteiger partial charge on any atom is -0.508 e. The number of ether oxygens (including phenoxy) is 3. The quantitative estimate of drug-likeness (QED) is 0.261. The van der Waals surface area contributed by atoms with Crippen molar-refractivity contribution in [1.29, 1.82) is 0 Å². The van der Waals surface area contributed by atoms with Crippen molar-refractivity contribution in [2.45, 2.75) is 12.3 Å². The molecule has 0 saturated heterocycles. The van der Waals surface area contributed by atoms with Crippen LogP contribution in [0.4, 0.5) is 0 Å². The monoisotopic (exact) mass is 467 g/mol. The number of fused-ring (bicyclic) bond motifs is 4. The summed E-state index contributed by atoms with van der Waals surface area (Å²) >= 11 is 0. The Morgan fingerprint density at radius 3 is 2.63 bits per heavy atom. The first-order chi connectivity index (χ1) is 16.9. The molecule has 3 aromatic carbocycles. The average molecular weight is 467 g/mol. The Hall–Kier alpha value is -4.52. The van der Waals surface area contributed by atoms with Gasteiger partial charge in [0.2, 0.25) is 5.78 Å². The van der Waals surface area contributed by atoms with Crippen molar-refractivity contribution in [2.24, 2.45) is 7.05 Å². The van der Waals surface area contributed by atoms with Crippen molar-refractivity contribution in [3.05, 3.63) is 88.8 Å². The highest BCUT2D eigenvalue weighted by molar-refractivity contribution is 6.15. The zero-order chi connectivity index (χ0) is 24.3. The standard InChI is InChI=1S/C28H21NO6/c1-29-14-16(20-12-18(33-2)7-9-22(20)29)11-24-27(32)19-8-10-23-26(28(19)35-24)21(13-25(31)34-23)15-3-5-17(30)6-4-15/h3-12,14,21,30H,13H2,1-2H3/b24-11-/t21-/m1/s1. The summed E-state index contributed by atoms with van der Waals surface area (Å²) in [4.78, 5) is 25.7. The number of Topliss-reactive ketones (excluding diaryl/α,β-unsaturated/α-hetero) is 1. The van der Waals surface area contributed by atoms with Crippen LogP contribution < -0.4 is 14.2 Å². The van der Waals surface area contributed by atoms with Crippen molar-refractivity contribution in [2.75, 3.05) is 7.11 Å². The molecule has 174 valence electrons. The van der Waals surface area contributed by atoms with Crippen LogP contribution in [0.3, 0.4) is 0 Å². The number of carbonyl (C=O) groups is 2. The number of aromatic hydroxyl groups is 1. The van der Waals surface area contributed by atoms with Gasteiger partial charge >= 0.3 is 5.97 Å². The van der Waals surface area contributed by atoms with E-state index in [0.29, 0.717) is 22.6 Å². The summed E-state index contributed by atoms with van der Waals surface area (Å²) in [5.41, 5.74) is 3.73. The number of rotatable bonds is 3. The van der Waals surface area contributed by atoms with E-state index in [9.17, 15) is 14.7 Å². The van der Waals surface area contributed by atoms with Gasteiger partial charge in [0.05, 0.1) is 19.1 Å². The number of ketones is 1. The third-order valence-corrected chi connectivity index (χ3v) is 6.59. The summed E-state index contributed by atoms with van der Waals surface area (Å²) in [7, 11) is 3.55. The number of hydrogen-bond acceptors (Lipinski definition) is 6. The number of phenolic OH excluding ortho intramolecular Hbond substituents is 1. The Balaban J connectivity index is 1.46. The van der Waals surface area contributed by atoms with E-state index in [1.165, 1.54) is 0 Å². The van der Waals surface area contributed by atoms with E-state index in [1.54, 1.807) is 49.6 Å². The molecule has 0 radical (unpaired) electrons. The zero-order valence-electron chi connectivity index (χ0n) is 19.1. The van der Waals surface area contributed by atoms with Gasteiger partial charge in [-0.1, -0.05) is 12.1 Å². The number of benzene rings is 3. The van der Waals surface area contributed by atoms with Crippen molar-refractivity contribution in [1.82, 2.24) is 4.57 Å². The topological polar surface area (TPSA) is 87.0 Å². The molecule has 0 saturated carbocycles. The highest BCUT2D eigenvalue weighted by atomic mass is 16.5.